The molecule has 0 atom stereocenters. The molecule has 0 bridgehead atoms. The second-order valence-electron chi connectivity index (χ2n) is 7.54. The Balaban J connectivity index is 1.50. The van der Waals surface area contributed by atoms with E-state index in [9.17, 15) is 13.2 Å². The maximum atomic E-state index is 13.0. The van der Waals surface area contributed by atoms with Gasteiger partial charge in [-0.05, 0) is 49.2 Å². The van der Waals surface area contributed by atoms with E-state index in [1.54, 1.807) is 19.2 Å². The molecule has 0 aliphatic heterocycles. The van der Waals surface area contributed by atoms with E-state index in [0.717, 1.165) is 36.8 Å². The first kappa shape index (κ1) is 22.5. The maximum Gasteiger partial charge on any atom is 0.257 e. The van der Waals surface area contributed by atoms with Crippen LogP contribution >= 0.6 is 34.5 Å². The molecule has 1 aliphatic carbocycles. The van der Waals surface area contributed by atoms with Crippen molar-refractivity contribution in [3.63, 3.8) is 0 Å². The molecule has 2 aromatic carbocycles. The van der Waals surface area contributed by atoms with Crippen molar-refractivity contribution in [1.29, 1.82) is 0 Å². The Morgan fingerprint density at radius 1 is 1.13 bits per heavy atom. The van der Waals surface area contributed by atoms with Crippen LogP contribution in [0.1, 0.15) is 42.5 Å². The average molecular weight is 498 g/mol. The number of nitrogens with zero attached hydrogens (tertiary/aromatic N) is 2. The number of rotatable bonds is 5. The van der Waals surface area contributed by atoms with Gasteiger partial charge in [-0.1, -0.05) is 53.8 Å². The number of hydrogen-bond donors (Lipinski definition) is 1. The Kier molecular flexibility index (Phi) is 6.55. The molecule has 1 amide bonds. The molecule has 0 radical (unpaired) electrons. The van der Waals surface area contributed by atoms with E-state index in [2.05, 4.69) is 10.3 Å². The lowest BCUT2D eigenvalue weighted by Crippen LogP contribution is -2.38. The molecule has 1 saturated carbocycles. The van der Waals surface area contributed by atoms with Gasteiger partial charge in [0.05, 0.1) is 14.6 Å². The van der Waals surface area contributed by atoms with Gasteiger partial charge < -0.3 is 0 Å². The fraction of sp³-hybridized carbons (Fsp3) is 0.333. The summed E-state index contributed by atoms with van der Waals surface area (Å²) in [7, 11) is -1.97. The minimum absolute atomic E-state index is 0.0288. The lowest BCUT2D eigenvalue weighted by Gasteiger charge is -2.30. The van der Waals surface area contributed by atoms with E-state index in [1.165, 1.54) is 39.9 Å². The molecule has 1 aromatic heterocycles. The minimum Gasteiger partial charge on any atom is -0.298 e. The normalized spacial score (nSPS) is 15.5. The third-order valence-corrected chi connectivity index (χ3v) is 8.86. The van der Waals surface area contributed by atoms with Gasteiger partial charge in [0.25, 0.3) is 5.91 Å². The standard InChI is InChI=1S/C21H21Cl2N3O3S2/c1-26(15-5-3-2-4-6-15)31(28,29)16-9-7-13(8-10-16)20(27)25-21-24-19-17(23)11-14(22)12-18(19)30-21/h7-12,15H,2-6H2,1H3,(H,24,25,27). The summed E-state index contributed by atoms with van der Waals surface area (Å²) in [6.45, 7) is 0. The first-order chi connectivity index (χ1) is 14.8. The van der Waals surface area contributed by atoms with Crippen LogP contribution in [0.4, 0.5) is 5.13 Å². The summed E-state index contributed by atoms with van der Waals surface area (Å²) in [5.74, 6) is -0.383. The highest BCUT2D eigenvalue weighted by molar-refractivity contribution is 7.89. The van der Waals surface area contributed by atoms with Crippen LogP contribution < -0.4 is 5.32 Å². The number of aromatic nitrogens is 1. The molecule has 1 heterocycles. The molecule has 6 nitrogen and oxygen atoms in total. The molecule has 0 unspecified atom stereocenters. The van der Waals surface area contributed by atoms with Crippen LogP contribution in [0.3, 0.4) is 0 Å². The number of carbonyl (C=O) groups is 1. The lowest BCUT2D eigenvalue weighted by molar-refractivity contribution is 0.102. The van der Waals surface area contributed by atoms with Crippen LogP contribution in [-0.4, -0.2) is 36.7 Å². The second kappa shape index (κ2) is 9.03. The molecule has 1 fully saturated rings. The van der Waals surface area contributed by atoms with Gasteiger partial charge in [-0.25, -0.2) is 13.4 Å². The van der Waals surface area contributed by atoms with E-state index < -0.39 is 10.0 Å². The van der Waals surface area contributed by atoms with Crippen LogP contribution in [0.15, 0.2) is 41.3 Å². The van der Waals surface area contributed by atoms with E-state index in [0.29, 0.717) is 26.3 Å². The predicted octanol–water partition coefficient (Wildman–Crippen LogP) is 5.81. The Hall–Kier alpha value is -1.71. The summed E-state index contributed by atoms with van der Waals surface area (Å²) in [5, 5.41) is 4.03. The summed E-state index contributed by atoms with van der Waals surface area (Å²) in [4.78, 5) is 17.1. The molecule has 164 valence electrons. The maximum absolute atomic E-state index is 13.0. The summed E-state index contributed by atoms with van der Waals surface area (Å²) in [5.41, 5.74) is 0.904. The quantitative estimate of drug-likeness (QED) is 0.482. The van der Waals surface area contributed by atoms with Gasteiger partial charge in [0, 0.05) is 23.7 Å². The Morgan fingerprint density at radius 2 is 1.81 bits per heavy atom. The number of hydrogen-bond acceptors (Lipinski definition) is 5. The van der Waals surface area contributed by atoms with Gasteiger partial charge in [-0.15, -0.1) is 0 Å². The van der Waals surface area contributed by atoms with Crippen molar-refractivity contribution in [3.8, 4) is 0 Å². The topological polar surface area (TPSA) is 79.4 Å². The smallest absolute Gasteiger partial charge is 0.257 e. The van der Waals surface area contributed by atoms with Crippen LogP contribution in [-0.2, 0) is 10.0 Å². The van der Waals surface area contributed by atoms with Crippen LogP contribution in [0.5, 0.6) is 0 Å². The number of nitrogens with one attached hydrogen (secondary N) is 1. The molecule has 31 heavy (non-hydrogen) atoms. The zero-order valence-electron chi connectivity index (χ0n) is 16.8. The molecule has 0 saturated heterocycles. The first-order valence-electron chi connectivity index (χ1n) is 9.91. The Bertz CT molecular complexity index is 1220. The molecular formula is C21H21Cl2N3O3S2. The SMILES string of the molecule is CN(C1CCCCC1)S(=O)(=O)c1ccc(C(=O)Nc2nc3c(Cl)cc(Cl)cc3s2)cc1. The van der Waals surface area contributed by atoms with Gasteiger partial charge in [0.15, 0.2) is 5.13 Å². The molecule has 0 spiro atoms. The van der Waals surface area contributed by atoms with Crippen molar-refractivity contribution >= 4 is 65.8 Å². The number of benzene rings is 2. The highest BCUT2D eigenvalue weighted by Gasteiger charge is 2.29. The molecule has 1 aliphatic rings. The predicted molar refractivity (Wildman–Crippen MR) is 126 cm³/mol. The van der Waals surface area contributed by atoms with Crippen LogP contribution in [0, 0.1) is 0 Å². The average Bonchev–Trinajstić information content (AvgIpc) is 3.16. The number of amides is 1. The van der Waals surface area contributed by atoms with E-state index >= 15 is 0 Å². The monoisotopic (exact) mass is 497 g/mol. The lowest BCUT2D eigenvalue weighted by atomic mass is 9.96. The summed E-state index contributed by atoms with van der Waals surface area (Å²) >= 11 is 13.4. The zero-order chi connectivity index (χ0) is 22.2. The summed E-state index contributed by atoms with van der Waals surface area (Å²) in [6.07, 6.45) is 5.02. The van der Waals surface area contributed by atoms with Crippen LogP contribution in [0.2, 0.25) is 10.0 Å². The third-order valence-electron chi connectivity index (χ3n) is 5.52. The number of sulfonamides is 1. The van der Waals surface area contributed by atoms with Gasteiger partial charge >= 0.3 is 0 Å². The summed E-state index contributed by atoms with van der Waals surface area (Å²) in [6, 6.07) is 9.32. The first-order valence-corrected chi connectivity index (χ1v) is 12.9. The van der Waals surface area contributed by atoms with Crippen molar-refractivity contribution in [1.82, 2.24) is 9.29 Å². The van der Waals surface area contributed by atoms with Crippen molar-refractivity contribution in [2.24, 2.45) is 0 Å². The fourth-order valence-electron chi connectivity index (χ4n) is 3.77. The van der Waals surface area contributed by atoms with Gasteiger partial charge in [0.2, 0.25) is 10.0 Å². The van der Waals surface area contributed by atoms with Crippen molar-refractivity contribution in [2.75, 3.05) is 12.4 Å². The minimum atomic E-state index is -3.60. The van der Waals surface area contributed by atoms with E-state index in [1.807, 2.05) is 0 Å². The Morgan fingerprint density at radius 3 is 2.48 bits per heavy atom. The van der Waals surface area contributed by atoms with Gasteiger partial charge in [-0.2, -0.15) is 4.31 Å². The van der Waals surface area contributed by atoms with Crippen molar-refractivity contribution < 1.29 is 13.2 Å². The molecular weight excluding hydrogens is 477 g/mol. The largest absolute Gasteiger partial charge is 0.298 e. The van der Waals surface area contributed by atoms with Gasteiger partial charge in [-0.3, -0.25) is 10.1 Å². The van der Waals surface area contributed by atoms with Crippen LogP contribution in [0.25, 0.3) is 10.2 Å². The van der Waals surface area contributed by atoms with E-state index in [-0.39, 0.29) is 16.8 Å². The zero-order valence-corrected chi connectivity index (χ0v) is 19.9. The van der Waals surface area contributed by atoms with Gasteiger partial charge in [0.1, 0.15) is 5.52 Å². The summed E-state index contributed by atoms with van der Waals surface area (Å²) < 4.78 is 28.1. The fourth-order valence-corrected chi connectivity index (χ4v) is 6.76. The Labute approximate surface area is 195 Å². The third kappa shape index (κ3) is 4.73. The number of thiazole rings is 1. The van der Waals surface area contributed by atoms with E-state index in [4.69, 9.17) is 23.2 Å². The number of anilines is 1. The molecule has 4 rings (SSSR count). The number of carbonyl (C=O) groups excluding carboxylic acids is 1. The second-order valence-corrected chi connectivity index (χ2v) is 11.4. The molecule has 3 aromatic rings. The highest BCUT2D eigenvalue weighted by atomic mass is 35.5. The molecule has 1 N–H and O–H groups in total. The van der Waals surface area contributed by atoms with Crippen molar-refractivity contribution in [3.05, 3.63) is 52.0 Å². The number of halogens is 2. The highest BCUT2D eigenvalue weighted by Crippen LogP contribution is 2.34. The van der Waals surface area contributed by atoms with Crippen molar-refractivity contribution in [2.45, 2.75) is 43.0 Å². The molecule has 10 heteroatoms. The number of fused-ring (bicyclic) bond motifs is 1.